The lowest BCUT2D eigenvalue weighted by Crippen LogP contribution is -2.03. The minimum atomic E-state index is 0.00300. The van der Waals surface area contributed by atoms with Crippen LogP contribution in [0.15, 0.2) is 48.5 Å². The molecule has 2 N–H and O–H groups in total. The maximum atomic E-state index is 11.5. The fraction of sp³-hybridized carbons (Fsp3) is 0.105. The summed E-state index contributed by atoms with van der Waals surface area (Å²) in [7, 11) is 0. The average Bonchev–Trinajstić information content (AvgIpc) is 2.58. The number of carbonyl (C=O) groups excluding carboxylic acids is 1. The van der Waals surface area contributed by atoms with E-state index in [1.54, 1.807) is 36.4 Å². The summed E-state index contributed by atoms with van der Waals surface area (Å²) in [5.41, 5.74) is 2.70. The highest BCUT2D eigenvalue weighted by Gasteiger charge is 2.09. The maximum absolute atomic E-state index is 11.5. The van der Waals surface area contributed by atoms with Crippen molar-refractivity contribution in [2.45, 2.75) is 13.8 Å². The van der Waals surface area contributed by atoms with Crippen molar-refractivity contribution in [1.82, 2.24) is 9.97 Å². The summed E-state index contributed by atoms with van der Waals surface area (Å²) in [6.45, 7) is 3.39. The number of nitrogens with one attached hydrogen (secondary N) is 2. The van der Waals surface area contributed by atoms with Gasteiger partial charge in [0, 0.05) is 23.0 Å². The molecule has 0 aliphatic heterocycles. The van der Waals surface area contributed by atoms with Crippen LogP contribution in [0.2, 0.25) is 10.0 Å². The number of nitrogens with zero attached hydrogens (tertiary/aromatic N) is 2. The molecule has 0 unspecified atom stereocenters. The van der Waals surface area contributed by atoms with Crippen LogP contribution in [0, 0.1) is 6.92 Å². The van der Waals surface area contributed by atoms with Crippen molar-refractivity contribution in [3.05, 3.63) is 69.8 Å². The number of aryl methyl sites for hydroxylation is 1. The van der Waals surface area contributed by atoms with Gasteiger partial charge in [-0.3, -0.25) is 4.79 Å². The Labute approximate surface area is 161 Å². The molecule has 1 heterocycles. The zero-order valence-electron chi connectivity index (χ0n) is 14.2. The van der Waals surface area contributed by atoms with Crippen LogP contribution < -0.4 is 10.6 Å². The molecular weight excluding hydrogens is 371 g/mol. The highest BCUT2D eigenvalue weighted by Crippen LogP contribution is 2.32. The Hall–Kier alpha value is -2.63. The SMILES string of the molecule is CC(=O)c1cccc(Nc2cc(C)nc(Nc3c(Cl)cccc3Cl)n2)c1. The molecule has 0 bridgehead atoms. The van der Waals surface area contributed by atoms with E-state index in [-0.39, 0.29) is 5.78 Å². The minimum absolute atomic E-state index is 0.00300. The number of ketones is 1. The molecule has 0 saturated carbocycles. The number of rotatable bonds is 5. The molecule has 132 valence electrons. The van der Waals surface area contributed by atoms with E-state index in [2.05, 4.69) is 20.6 Å². The van der Waals surface area contributed by atoms with E-state index in [1.807, 2.05) is 19.1 Å². The largest absolute Gasteiger partial charge is 0.340 e. The Bertz CT molecular complexity index is 955. The third kappa shape index (κ3) is 4.31. The molecule has 0 atom stereocenters. The Morgan fingerprint density at radius 3 is 2.35 bits per heavy atom. The van der Waals surface area contributed by atoms with Gasteiger partial charge < -0.3 is 10.6 Å². The van der Waals surface area contributed by atoms with Gasteiger partial charge in [-0.1, -0.05) is 41.4 Å². The highest BCUT2D eigenvalue weighted by atomic mass is 35.5. The molecule has 26 heavy (non-hydrogen) atoms. The molecule has 0 radical (unpaired) electrons. The van der Waals surface area contributed by atoms with Crippen molar-refractivity contribution in [2.75, 3.05) is 10.6 Å². The fourth-order valence-corrected chi connectivity index (χ4v) is 2.87. The van der Waals surface area contributed by atoms with E-state index < -0.39 is 0 Å². The number of halogens is 2. The van der Waals surface area contributed by atoms with Gasteiger partial charge in [-0.2, -0.15) is 4.98 Å². The summed E-state index contributed by atoms with van der Waals surface area (Å²) in [6, 6.07) is 14.3. The van der Waals surface area contributed by atoms with E-state index >= 15 is 0 Å². The molecule has 0 saturated heterocycles. The van der Waals surface area contributed by atoms with Crippen LogP contribution in [0.3, 0.4) is 0 Å². The van der Waals surface area contributed by atoms with Crippen molar-refractivity contribution in [2.24, 2.45) is 0 Å². The van der Waals surface area contributed by atoms with Gasteiger partial charge in [0.1, 0.15) is 5.82 Å². The van der Waals surface area contributed by atoms with Crippen LogP contribution in [0.1, 0.15) is 23.0 Å². The normalized spacial score (nSPS) is 10.5. The number of hydrogen-bond acceptors (Lipinski definition) is 5. The second kappa shape index (κ2) is 7.72. The van der Waals surface area contributed by atoms with Crippen molar-refractivity contribution >= 4 is 52.1 Å². The fourth-order valence-electron chi connectivity index (χ4n) is 2.38. The Balaban J connectivity index is 1.88. The predicted octanol–water partition coefficient (Wildman–Crippen LogP) is 5.78. The van der Waals surface area contributed by atoms with Crippen LogP contribution in [0.25, 0.3) is 0 Å². The standard InChI is InChI=1S/C19H16Cl2N4O/c1-11-9-17(23-14-6-3-5-13(10-14)12(2)26)24-19(22-11)25-18-15(20)7-4-8-16(18)21/h3-10H,1-2H3,(H2,22,23,24,25). The van der Waals surface area contributed by atoms with Gasteiger partial charge in [-0.25, -0.2) is 4.98 Å². The second-order valence-corrected chi connectivity index (χ2v) is 6.52. The van der Waals surface area contributed by atoms with Crippen molar-refractivity contribution < 1.29 is 4.79 Å². The number of Topliss-reactive ketones (excluding diaryl/α,β-unsaturated/α-hetero) is 1. The smallest absolute Gasteiger partial charge is 0.229 e. The zero-order chi connectivity index (χ0) is 18.7. The number of para-hydroxylation sites is 1. The van der Waals surface area contributed by atoms with Crippen molar-refractivity contribution in [1.29, 1.82) is 0 Å². The third-order valence-electron chi connectivity index (χ3n) is 3.60. The van der Waals surface area contributed by atoms with Crippen LogP contribution in [-0.4, -0.2) is 15.8 Å². The number of aromatic nitrogens is 2. The molecule has 0 spiro atoms. The van der Waals surface area contributed by atoms with Crippen molar-refractivity contribution in [3.63, 3.8) is 0 Å². The number of anilines is 4. The molecule has 0 amide bonds. The topological polar surface area (TPSA) is 66.9 Å². The summed E-state index contributed by atoms with van der Waals surface area (Å²) >= 11 is 12.4. The molecule has 3 aromatic rings. The summed E-state index contributed by atoms with van der Waals surface area (Å²) in [6.07, 6.45) is 0. The van der Waals surface area contributed by atoms with Crippen LogP contribution >= 0.6 is 23.2 Å². The van der Waals surface area contributed by atoms with E-state index in [1.165, 1.54) is 6.92 Å². The summed E-state index contributed by atoms with van der Waals surface area (Å²) in [5.74, 6) is 0.956. The van der Waals surface area contributed by atoms with Crippen LogP contribution in [0.4, 0.5) is 23.1 Å². The first-order valence-corrected chi connectivity index (χ1v) is 8.63. The quantitative estimate of drug-likeness (QED) is 0.543. The van der Waals surface area contributed by atoms with E-state index in [4.69, 9.17) is 23.2 Å². The second-order valence-electron chi connectivity index (χ2n) is 5.70. The lowest BCUT2D eigenvalue weighted by Gasteiger charge is -2.12. The van der Waals surface area contributed by atoms with Gasteiger partial charge in [-0.05, 0) is 38.1 Å². The average molecular weight is 387 g/mol. The summed E-state index contributed by atoms with van der Waals surface area (Å²) < 4.78 is 0. The maximum Gasteiger partial charge on any atom is 0.229 e. The monoisotopic (exact) mass is 386 g/mol. The number of hydrogen-bond donors (Lipinski definition) is 2. The summed E-state index contributed by atoms with van der Waals surface area (Å²) in [5, 5.41) is 7.20. The molecule has 2 aromatic carbocycles. The first-order chi connectivity index (χ1) is 12.4. The molecule has 3 rings (SSSR count). The lowest BCUT2D eigenvalue weighted by atomic mass is 10.1. The number of benzene rings is 2. The van der Waals surface area contributed by atoms with E-state index in [9.17, 15) is 4.79 Å². The van der Waals surface area contributed by atoms with E-state index in [0.717, 1.165) is 11.4 Å². The van der Waals surface area contributed by atoms with Gasteiger partial charge in [-0.15, -0.1) is 0 Å². The Morgan fingerprint density at radius 2 is 1.65 bits per heavy atom. The van der Waals surface area contributed by atoms with Gasteiger partial charge in [0.05, 0.1) is 15.7 Å². The molecule has 7 heteroatoms. The molecule has 0 aliphatic rings. The zero-order valence-corrected chi connectivity index (χ0v) is 15.7. The van der Waals surface area contributed by atoms with E-state index in [0.29, 0.717) is 33.1 Å². The van der Waals surface area contributed by atoms with Crippen LogP contribution in [-0.2, 0) is 0 Å². The van der Waals surface area contributed by atoms with Gasteiger partial charge >= 0.3 is 0 Å². The molecule has 0 aliphatic carbocycles. The first-order valence-electron chi connectivity index (χ1n) is 7.87. The highest BCUT2D eigenvalue weighted by molar-refractivity contribution is 6.39. The molecule has 5 nitrogen and oxygen atoms in total. The molecule has 1 aromatic heterocycles. The van der Waals surface area contributed by atoms with Gasteiger partial charge in [0.25, 0.3) is 0 Å². The Morgan fingerprint density at radius 1 is 0.962 bits per heavy atom. The van der Waals surface area contributed by atoms with Gasteiger partial charge in [0.2, 0.25) is 5.95 Å². The molecular formula is C19H16Cl2N4O. The predicted molar refractivity (Wildman–Crippen MR) is 106 cm³/mol. The van der Waals surface area contributed by atoms with Gasteiger partial charge in [0.15, 0.2) is 5.78 Å². The first kappa shape index (κ1) is 18.2. The lowest BCUT2D eigenvalue weighted by molar-refractivity contribution is 0.101. The Kier molecular flexibility index (Phi) is 5.40. The van der Waals surface area contributed by atoms with Crippen molar-refractivity contribution in [3.8, 4) is 0 Å². The minimum Gasteiger partial charge on any atom is -0.340 e. The number of carbonyl (C=O) groups is 1. The third-order valence-corrected chi connectivity index (χ3v) is 4.23. The molecule has 0 fully saturated rings. The van der Waals surface area contributed by atoms with Crippen LogP contribution in [0.5, 0.6) is 0 Å². The summed E-state index contributed by atoms with van der Waals surface area (Å²) in [4.78, 5) is 20.3.